The van der Waals surface area contributed by atoms with E-state index in [-0.39, 0.29) is 23.9 Å². The molecule has 0 unspecified atom stereocenters. The van der Waals surface area contributed by atoms with Crippen molar-refractivity contribution >= 4 is 40.9 Å². The Balaban J connectivity index is 1.09. The van der Waals surface area contributed by atoms with Gasteiger partial charge in [0.25, 0.3) is 5.91 Å². The van der Waals surface area contributed by atoms with Crippen LogP contribution >= 0.6 is 0 Å². The summed E-state index contributed by atoms with van der Waals surface area (Å²) in [6, 6.07) is 5.13. The third-order valence-corrected chi connectivity index (χ3v) is 9.28. The van der Waals surface area contributed by atoms with Gasteiger partial charge in [-0.3, -0.25) is 9.59 Å². The van der Waals surface area contributed by atoms with E-state index in [0.29, 0.717) is 101 Å². The summed E-state index contributed by atoms with van der Waals surface area (Å²) in [5, 5.41) is 14.7. The van der Waals surface area contributed by atoms with Crippen molar-refractivity contribution in [2.45, 2.75) is 57.5 Å². The second-order valence-electron chi connectivity index (χ2n) is 13.2. The number of nitrogens with zero attached hydrogens (tertiary/aromatic N) is 5. The number of aromatic nitrogens is 2. The van der Waals surface area contributed by atoms with Crippen molar-refractivity contribution in [2.75, 3.05) is 109 Å². The van der Waals surface area contributed by atoms with Gasteiger partial charge in [-0.05, 0) is 50.9 Å². The lowest BCUT2D eigenvalue weighted by Crippen LogP contribution is -2.55. The molecule has 0 bridgehead atoms. The maximum atomic E-state index is 13.2. The zero-order chi connectivity index (χ0) is 38.7. The molecule has 3 N–H and O–H groups in total. The number of hydrogen-bond donors (Lipinski definition) is 3. The third kappa shape index (κ3) is 12.9. The molecule has 2 amide bonds. The number of amides is 2. The zero-order valence-electron chi connectivity index (χ0n) is 32.1. The molecule has 2 heterocycles. The number of carbonyl (C=O) groups is 3. The van der Waals surface area contributed by atoms with Gasteiger partial charge in [0, 0.05) is 51.0 Å². The predicted molar refractivity (Wildman–Crippen MR) is 205 cm³/mol. The van der Waals surface area contributed by atoms with Gasteiger partial charge in [0.15, 0.2) is 5.82 Å². The predicted octanol–water partition coefficient (Wildman–Crippen LogP) is 3.49. The smallest absolute Gasteiger partial charge is 0.328 e. The standard InChI is InChI=1S/C38H57N7O9/c1-5-31-37(49)44(3)32-27-40-38(42-35(32)45(31)29-10-6-7-11-29)41-30-14-13-28(26-33(30)50-4)36(48)39-15-19-52-21-23-54-25-24-53-22-20-51-18-9-17-43(2)16-8-12-34(46)47/h8,12-14,26-27,29,31H,5-7,9-11,15-25H2,1-4H3,(H,39,48)(H,46,47)(H,40,41,42)/b12-8+/t31-/m1/s1. The molecule has 2 aliphatic rings. The number of anilines is 4. The molecule has 1 atom stereocenters. The Kier molecular flexibility index (Phi) is 17.9. The van der Waals surface area contributed by atoms with Gasteiger partial charge < -0.3 is 54.1 Å². The summed E-state index contributed by atoms with van der Waals surface area (Å²) >= 11 is 0. The molecular weight excluding hydrogens is 698 g/mol. The Morgan fingerprint density at radius 3 is 2.33 bits per heavy atom. The summed E-state index contributed by atoms with van der Waals surface area (Å²) < 4.78 is 27.8. The summed E-state index contributed by atoms with van der Waals surface area (Å²) in [6.07, 6.45) is 10.3. The first-order valence-corrected chi connectivity index (χ1v) is 18.8. The van der Waals surface area contributed by atoms with Gasteiger partial charge in [-0.1, -0.05) is 25.8 Å². The normalized spacial score (nSPS) is 16.0. The fourth-order valence-corrected chi connectivity index (χ4v) is 6.46. The Morgan fingerprint density at radius 1 is 1.02 bits per heavy atom. The molecule has 1 aliphatic heterocycles. The Bertz CT molecular complexity index is 1520. The number of rotatable bonds is 25. The third-order valence-electron chi connectivity index (χ3n) is 9.28. The highest BCUT2D eigenvalue weighted by Crippen LogP contribution is 2.40. The van der Waals surface area contributed by atoms with Gasteiger partial charge in [-0.15, -0.1) is 0 Å². The van der Waals surface area contributed by atoms with Crippen LogP contribution in [0, 0.1) is 0 Å². The molecular formula is C38H57N7O9. The fourth-order valence-electron chi connectivity index (χ4n) is 6.46. The molecule has 298 valence electrons. The van der Waals surface area contributed by atoms with Crippen molar-refractivity contribution in [3.63, 3.8) is 0 Å². The van der Waals surface area contributed by atoms with Gasteiger partial charge in [-0.25, -0.2) is 9.78 Å². The highest BCUT2D eigenvalue weighted by atomic mass is 16.6. The topological polar surface area (TPSA) is 177 Å². The van der Waals surface area contributed by atoms with E-state index in [1.54, 1.807) is 49.5 Å². The van der Waals surface area contributed by atoms with Gasteiger partial charge in [0.2, 0.25) is 11.9 Å². The number of carboxylic acids is 1. The van der Waals surface area contributed by atoms with Crippen molar-refractivity contribution < 1.29 is 43.2 Å². The van der Waals surface area contributed by atoms with E-state index in [1.165, 1.54) is 0 Å². The fraction of sp³-hybridized carbons (Fsp3) is 0.605. The lowest BCUT2D eigenvalue weighted by Gasteiger charge is -2.43. The maximum absolute atomic E-state index is 13.2. The van der Waals surface area contributed by atoms with Crippen LogP contribution in [-0.2, 0) is 28.5 Å². The molecule has 16 nitrogen and oxygen atoms in total. The number of hydrogen-bond acceptors (Lipinski definition) is 13. The van der Waals surface area contributed by atoms with Gasteiger partial charge in [0.05, 0.1) is 65.2 Å². The summed E-state index contributed by atoms with van der Waals surface area (Å²) in [6.45, 7) is 7.38. The van der Waals surface area contributed by atoms with Crippen LogP contribution in [0.3, 0.4) is 0 Å². The number of benzene rings is 1. The molecule has 0 radical (unpaired) electrons. The average Bonchev–Trinajstić information content (AvgIpc) is 3.70. The number of nitrogens with one attached hydrogen (secondary N) is 2. The molecule has 1 aromatic heterocycles. The minimum atomic E-state index is -0.940. The van der Waals surface area contributed by atoms with Crippen LogP contribution in [0.15, 0.2) is 36.5 Å². The average molecular weight is 756 g/mol. The quantitative estimate of drug-likeness (QED) is 0.0992. The first-order valence-electron chi connectivity index (χ1n) is 18.8. The number of methoxy groups -OCH3 is 1. The van der Waals surface area contributed by atoms with Crippen LogP contribution in [0.2, 0.25) is 0 Å². The first-order chi connectivity index (χ1) is 26.2. The summed E-state index contributed by atoms with van der Waals surface area (Å²) in [4.78, 5) is 51.8. The van der Waals surface area contributed by atoms with E-state index < -0.39 is 5.97 Å². The minimum absolute atomic E-state index is 0.0637. The van der Waals surface area contributed by atoms with Crippen molar-refractivity contribution in [1.82, 2.24) is 20.2 Å². The SMILES string of the molecule is CC[C@@H]1C(=O)N(C)c2cnc(Nc3ccc(C(=O)NCCOCCOCCOCCOCCCN(C)C/C=C/C(=O)O)cc3OC)nc2N1C1CCCC1. The van der Waals surface area contributed by atoms with E-state index in [9.17, 15) is 14.4 Å². The van der Waals surface area contributed by atoms with E-state index >= 15 is 0 Å². The number of carbonyl (C=O) groups excluding carboxylic acids is 2. The molecule has 2 aromatic rings. The molecule has 1 fully saturated rings. The second kappa shape index (κ2) is 22.8. The molecule has 1 aliphatic carbocycles. The second-order valence-corrected chi connectivity index (χ2v) is 13.2. The summed E-state index contributed by atoms with van der Waals surface area (Å²) in [5.41, 5.74) is 1.74. The number of aliphatic carboxylic acids is 1. The lowest BCUT2D eigenvalue weighted by molar-refractivity contribution is -0.131. The molecule has 4 rings (SSSR count). The molecule has 1 saturated carbocycles. The number of ether oxygens (including phenoxy) is 5. The Hall–Kier alpha value is -4.35. The first kappa shape index (κ1) is 42.4. The highest BCUT2D eigenvalue weighted by molar-refractivity contribution is 6.04. The van der Waals surface area contributed by atoms with E-state index in [2.05, 4.69) is 20.5 Å². The van der Waals surface area contributed by atoms with Crippen LogP contribution in [0.25, 0.3) is 0 Å². The van der Waals surface area contributed by atoms with Crippen molar-refractivity contribution in [1.29, 1.82) is 0 Å². The van der Waals surface area contributed by atoms with Crippen molar-refractivity contribution in [3.8, 4) is 5.75 Å². The van der Waals surface area contributed by atoms with E-state index in [0.717, 1.165) is 50.5 Å². The number of fused-ring (bicyclic) bond motifs is 1. The van der Waals surface area contributed by atoms with Crippen LogP contribution < -0.4 is 25.2 Å². The Morgan fingerprint density at radius 2 is 1.69 bits per heavy atom. The molecule has 1 aromatic carbocycles. The lowest BCUT2D eigenvalue weighted by atomic mass is 10.0. The van der Waals surface area contributed by atoms with Crippen molar-refractivity contribution in [2.24, 2.45) is 0 Å². The van der Waals surface area contributed by atoms with Crippen LogP contribution in [0.4, 0.5) is 23.1 Å². The molecule has 0 spiro atoms. The summed E-state index contributed by atoms with van der Waals surface area (Å²) in [7, 11) is 5.25. The monoisotopic (exact) mass is 755 g/mol. The number of likely N-dealkylation sites (N-methyl/N-ethyl adjacent to an activating group) is 2. The van der Waals surface area contributed by atoms with Crippen LogP contribution in [0.5, 0.6) is 5.75 Å². The highest BCUT2D eigenvalue weighted by Gasteiger charge is 2.41. The van der Waals surface area contributed by atoms with Crippen molar-refractivity contribution in [3.05, 3.63) is 42.1 Å². The van der Waals surface area contributed by atoms with Gasteiger partial charge in [-0.2, -0.15) is 4.98 Å². The molecule has 0 saturated heterocycles. The summed E-state index contributed by atoms with van der Waals surface area (Å²) in [5.74, 6) is 0.461. The van der Waals surface area contributed by atoms with Crippen LogP contribution in [-0.4, -0.2) is 144 Å². The Labute approximate surface area is 318 Å². The zero-order valence-corrected chi connectivity index (χ0v) is 32.1. The van der Waals surface area contributed by atoms with E-state index in [1.807, 2.05) is 18.9 Å². The van der Waals surface area contributed by atoms with Crippen LogP contribution in [0.1, 0.15) is 55.8 Å². The van der Waals surface area contributed by atoms with Gasteiger partial charge in [0.1, 0.15) is 17.5 Å². The minimum Gasteiger partial charge on any atom is -0.495 e. The maximum Gasteiger partial charge on any atom is 0.328 e. The number of carboxylic acid groups (broad SMARTS) is 1. The molecule has 16 heteroatoms. The molecule has 54 heavy (non-hydrogen) atoms. The largest absolute Gasteiger partial charge is 0.495 e. The van der Waals surface area contributed by atoms with E-state index in [4.69, 9.17) is 33.8 Å². The van der Waals surface area contributed by atoms with Gasteiger partial charge >= 0.3 is 5.97 Å².